The average molecular weight is 388 g/mol. The number of benzene rings is 1. The number of carbonyl (C=O) groups excluding carboxylic acids is 2. The summed E-state index contributed by atoms with van der Waals surface area (Å²) in [6.07, 6.45) is 3.20. The summed E-state index contributed by atoms with van der Waals surface area (Å²) >= 11 is 0. The number of likely N-dealkylation sites (tertiary alicyclic amines) is 1. The minimum Gasteiger partial charge on any atom is -0.478 e. The zero-order valence-corrected chi connectivity index (χ0v) is 16.2. The average Bonchev–Trinajstić information content (AvgIpc) is 2.58. The summed E-state index contributed by atoms with van der Waals surface area (Å²) in [7, 11) is 0. The number of hydrogen-bond donors (Lipinski definition) is 2. The molecule has 8 heteroatoms. The SMILES string of the molecule is CC(C)(C)OC(=O)N1CCCC2(C1)NC(=O)c1cc(C=CC(=O)O)ccc1O2. The molecule has 0 radical (unpaired) electrons. The van der Waals surface area contributed by atoms with Gasteiger partial charge in [0.05, 0.1) is 12.1 Å². The van der Waals surface area contributed by atoms with Gasteiger partial charge in [-0.15, -0.1) is 0 Å². The lowest BCUT2D eigenvalue weighted by atomic mass is 9.97. The summed E-state index contributed by atoms with van der Waals surface area (Å²) in [4.78, 5) is 37.3. The molecule has 2 N–H and O–H groups in total. The predicted molar refractivity (Wildman–Crippen MR) is 101 cm³/mol. The van der Waals surface area contributed by atoms with E-state index in [9.17, 15) is 14.4 Å². The Morgan fingerprint density at radius 2 is 2.11 bits per heavy atom. The van der Waals surface area contributed by atoms with Crippen molar-refractivity contribution in [3.05, 3.63) is 35.4 Å². The van der Waals surface area contributed by atoms with Gasteiger partial charge in [-0.05, 0) is 51.0 Å². The first-order chi connectivity index (χ1) is 13.1. The number of carbonyl (C=O) groups is 3. The number of nitrogens with one attached hydrogen (secondary N) is 1. The maximum absolute atomic E-state index is 12.7. The molecule has 1 unspecified atom stereocenters. The molecular formula is C20H24N2O6. The van der Waals surface area contributed by atoms with E-state index in [0.717, 1.165) is 6.08 Å². The van der Waals surface area contributed by atoms with Gasteiger partial charge >= 0.3 is 12.1 Å². The summed E-state index contributed by atoms with van der Waals surface area (Å²) in [5, 5.41) is 11.6. The van der Waals surface area contributed by atoms with E-state index in [0.29, 0.717) is 36.3 Å². The highest BCUT2D eigenvalue weighted by atomic mass is 16.6. The van der Waals surface area contributed by atoms with Gasteiger partial charge in [0.15, 0.2) is 0 Å². The summed E-state index contributed by atoms with van der Waals surface area (Å²) < 4.78 is 11.5. The molecule has 28 heavy (non-hydrogen) atoms. The maximum Gasteiger partial charge on any atom is 0.410 e. The lowest BCUT2D eigenvalue weighted by Crippen LogP contribution is -2.65. The molecule has 8 nitrogen and oxygen atoms in total. The second-order valence-electron chi connectivity index (χ2n) is 7.98. The van der Waals surface area contributed by atoms with Crippen molar-refractivity contribution in [2.75, 3.05) is 13.1 Å². The highest BCUT2D eigenvalue weighted by Gasteiger charge is 2.45. The summed E-state index contributed by atoms with van der Waals surface area (Å²) in [5.74, 6) is -0.984. The Morgan fingerprint density at radius 1 is 1.36 bits per heavy atom. The smallest absolute Gasteiger partial charge is 0.410 e. The predicted octanol–water partition coefficient (Wildman–Crippen LogP) is 2.63. The van der Waals surface area contributed by atoms with Gasteiger partial charge in [-0.3, -0.25) is 4.79 Å². The third-order valence-corrected chi connectivity index (χ3v) is 4.42. The van der Waals surface area contributed by atoms with Gasteiger partial charge in [-0.2, -0.15) is 0 Å². The van der Waals surface area contributed by atoms with Gasteiger partial charge < -0.3 is 24.8 Å². The van der Waals surface area contributed by atoms with Crippen LogP contribution in [0, 0.1) is 0 Å². The largest absolute Gasteiger partial charge is 0.478 e. The first kappa shape index (κ1) is 19.7. The van der Waals surface area contributed by atoms with E-state index in [-0.39, 0.29) is 12.5 Å². The molecule has 1 fully saturated rings. The second kappa shape index (κ2) is 7.18. The lowest BCUT2D eigenvalue weighted by Gasteiger charge is -2.45. The van der Waals surface area contributed by atoms with Crippen LogP contribution in [-0.2, 0) is 9.53 Å². The Morgan fingerprint density at radius 3 is 2.79 bits per heavy atom. The fourth-order valence-corrected chi connectivity index (χ4v) is 3.29. The van der Waals surface area contributed by atoms with Gasteiger partial charge in [-0.1, -0.05) is 6.07 Å². The van der Waals surface area contributed by atoms with Crippen LogP contribution in [0.1, 0.15) is 49.5 Å². The Balaban J connectivity index is 1.79. The van der Waals surface area contributed by atoms with E-state index in [2.05, 4.69) is 5.32 Å². The van der Waals surface area contributed by atoms with E-state index in [1.807, 2.05) is 0 Å². The van der Waals surface area contributed by atoms with Crippen LogP contribution in [0.25, 0.3) is 6.08 Å². The van der Waals surface area contributed by atoms with Crippen molar-refractivity contribution in [2.24, 2.45) is 0 Å². The van der Waals surface area contributed by atoms with Crippen LogP contribution in [0.3, 0.4) is 0 Å². The first-order valence-electron chi connectivity index (χ1n) is 9.11. The molecule has 1 atom stereocenters. The fourth-order valence-electron chi connectivity index (χ4n) is 3.29. The van der Waals surface area contributed by atoms with Crippen molar-refractivity contribution in [3.8, 4) is 5.75 Å². The quantitative estimate of drug-likeness (QED) is 0.755. The molecular weight excluding hydrogens is 364 g/mol. The molecule has 0 bridgehead atoms. The molecule has 150 valence electrons. The minimum atomic E-state index is -1.07. The van der Waals surface area contributed by atoms with Gasteiger partial charge in [0.25, 0.3) is 5.91 Å². The van der Waals surface area contributed by atoms with Crippen molar-refractivity contribution in [3.63, 3.8) is 0 Å². The number of rotatable bonds is 2. The maximum atomic E-state index is 12.7. The van der Waals surface area contributed by atoms with Crippen LogP contribution >= 0.6 is 0 Å². The van der Waals surface area contributed by atoms with Gasteiger partial charge in [0.1, 0.15) is 11.4 Å². The van der Waals surface area contributed by atoms with Gasteiger partial charge in [0, 0.05) is 19.0 Å². The fraction of sp³-hybridized carbons (Fsp3) is 0.450. The van der Waals surface area contributed by atoms with Crippen LogP contribution < -0.4 is 10.1 Å². The van der Waals surface area contributed by atoms with Crippen molar-refractivity contribution in [1.82, 2.24) is 10.2 Å². The Labute approximate surface area is 163 Å². The highest BCUT2D eigenvalue weighted by molar-refractivity contribution is 5.99. The monoisotopic (exact) mass is 388 g/mol. The zero-order chi connectivity index (χ0) is 20.5. The van der Waals surface area contributed by atoms with Crippen LogP contribution in [-0.4, -0.2) is 52.4 Å². The molecule has 1 spiro atoms. The number of hydrogen-bond acceptors (Lipinski definition) is 5. The van der Waals surface area contributed by atoms with Crippen LogP contribution in [0.2, 0.25) is 0 Å². The van der Waals surface area contributed by atoms with Crippen molar-refractivity contribution < 1.29 is 29.0 Å². The number of carboxylic acid groups (broad SMARTS) is 1. The van der Waals surface area contributed by atoms with E-state index < -0.39 is 23.4 Å². The molecule has 1 saturated heterocycles. The molecule has 1 aromatic carbocycles. The molecule has 0 aromatic heterocycles. The van der Waals surface area contributed by atoms with Crippen LogP contribution in [0.5, 0.6) is 5.75 Å². The van der Waals surface area contributed by atoms with Gasteiger partial charge in [0.2, 0.25) is 5.72 Å². The number of ether oxygens (including phenoxy) is 2. The minimum absolute atomic E-state index is 0.188. The van der Waals surface area contributed by atoms with Crippen molar-refractivity contribution >= 4 is 24.0 Å². The molecule has 0 saturated carbocycles. The molecule has 2 heterocycles. The highest BCUT2D eigenvalue weighted by Crippen LogP contribution is 2.34. The summed E-state index contributed by atoms with van der Waals surface area (Å²) in [6.45, 7) is 6.12. The van der Waals surface area contributed by atoms with E-state index >= 15 is 0 Å². The molecule has 1 aromatic rings. The third kappa shape index (κ3) is 4.44. The van der Waals surface area contributed by atoms with E-state index in [4.69, 9.17) is 14.6 Å². The number of carboxylic acids is 1. The Kier molecular flexibility index (Phi) is 5.06. The zero-order valence-electron chi connectivity index (χ0n) is 16.2. The molecule has 2 aliphatic heterocycles. The molecule has 3 rings (SSSR count). The van der Waals surface area contributed by atoms with Crippen molar-refractivity contribution in [2.45, 2.75) is 44.9 Å². The Hall–Kier alpha value is -3.03. The molecule has 2 aliphatic rings. The summed E-state index contributed by atoms with van der Waals surface area (Å²) in [5.41, 5.74) is -0.704. The van der Waals surface area contributed by atoms with Crippen molar-refractivity contribution in [1.29, 1.82) is 0 Å². The normalized spacial score (nSPS) is 21.8. The van der Waals surface area contributed by atoms with E-state index in [1.54, 1.807) is 43.9 Å². The van der Waals surface area contributed by atoms with Crippen LogP contribution in [0.15, 0.2) is 24.3 Å². The topological polar surface area (TPSA) is 105 Å². The summed E-state index contributed by atoms with van der Waals surface area (Å²) in [6, 6.07) is 4.90. The number of amides is 2. The second-order valence-corrected chi connectivity index (χ2v) is 7.98. The third-order valence-electron chi connectivity index (χ3n) is 4.42. The van der Waals surface area contributed by atoms with Gasteiger partial charge in [-0.25, -0.2) is 9.59 Å². The first-order valence-corrected chi connectivity index (χ1v) is 9.11. The van der Waals surface area contributed by atoms with Crippen LogP contribution in [0.4, 0.5) is 4.79 Å². The number of piperidine rings is 1. The lowest BCUT2D eigenvalue weighted by molar-refractivity contribution is -0.131. The number of nitrogens with zero attached hydrogens (tertiary/aromatic N) is 1. The number of fused-ring (bicyclic) bond motifs is 1. The number of aliphatic carboxylic acids is 1. The Bertz CT molecular complexity index is 842. The standard InChI is InChI=1S/C20H24N2O6/c1-19(2,3)28-18(26)22-10-4-9-20(12-22)21-17(25)14-11-13(6-8-16(23)24)5-7-15(14)27-20/h5-8,11H,4,9-10,12H2,1-3H3,(H,21,25)(H,23,24). The molecule has 0 aliphatic carbocycles. The molecule has 2 amide bonds. The van der Waals surface area contributed by atoms with E-state index in [1.165, 1.54) is 6.08 Å².